The van der Waals surface area contributed by atoms with Gasteiger partial charge in [-0.3, -0.25) is 4.79 Å². The quantitative estimate of drug-likeness (QED) is 0.573. The molecule has 9 heteroatoms. The first-order chi connectivity index (χ1) is 13.8. The molecule has 0 spiro atoms. The molecule has 0 radical (unpaired) electrons. The van der Waals surface area contributed by atoms with Gasteiger partial charge >= 0.3 is 6.03 Å². The summed E-state index contributed by atoms with van der Waals surface area (Å²) in [6, 6.07) is 15.7. The van der Waals surface area contributed by atoms with Gasteiger partial charge in [-0.1, -0.05) is 42.5 Å². The van der Waals surface area contributed by atoms with Crippen molar-refractivity contribution in [1.29, 1.82) is 0 Å². The monoisotopic (exact) mass is 418 g/mol. The molecule has 0 saturated carbocycles. The number of urea groups is 1. The Bertz CT molecular complexity index is 933. The summed E-state index contributed by atoms with van der Waals surface area (Å²) in [4.78, 5) is 25.8. The maximum absolute atomic E-state index is 12.1. The molecule has 8 nitrogen and oxygen atoms in total. The average Bonchev–Trinajstić information content (AvgIpc) is 2.73. The maximum atomic E-state index is 12.1. The van der Waals surface area contributed by atoms with E-state index in [0.29, 0.717) is 12.1 Å². The number of sulfonamides is 1. The highest BCUT2D eigenvalue weighted by Gasteiger charge is 2.12. The van der Waals surface area contributed by atoms with Gasteiger partial charge in [0.05, 0.1) is 4.90 Å². The van der Waals surface area contributed by atoms with Gasteiger partial charge < -0.3 is 15.5 Å². The number of rotatable bonds is 9. The van der Waals surface area contributed by atoms with Crippen LogP contribution in [-0.4, -0.2) is 45.9 Å². The Morgan fingerprint density at radius 2 is 1.66 bits per heavy atom. The van der Waals surface area contributed by atoms with Crippen molar-refractivity contribution in [1.82, 2.24) is 20.3 Å². The second-order valence-electron chi connectivity index (χ2n) is 6.46. The highest BCUT2D eigenvalue weighted by molar-refractivity contribution is 7.89. The van der Waals surface area contributed by atoms with Crippen molar-refractivity contribution < 1.29 is 18.0 Å². The number of hydrogen-bond donors (Lipinski definition) is 3. The Morgan fingerprint density at radius 3 is 2.34 bits per heavy atom. The minimum Gasteiger partial charge on any atom is -0.352 e. The first-order valence-electron chi connectivity index (χ1n) is 9.14. The summed E-state index contributed by atoms with van der Waals surface area (Å²) in [5, 5.41) is 5.43. The van der Waals surface area contributed by atoms with Crippen molar-refractivity contribution in [2.45, 2.75) is 24.4 Å². The molecule has 2 aromatic carbocycles. The first kappa shape index (κ1) is 22.4. The van der Waals surface area contributed by atoms with Gasteiger partial charge in [-0.2, -0.15) is 0 Å². The van der Waals surface area contributed by atoms with Gasteiger partial charge in [-0.05, 0) is 30.3 Å². The number of benzene rings is 2. The van der Waals surface area contributed by atoms with Crippen molar-refractivity contribution in [3.63, 3.8) is 0 Å². The van der Waals surface area contributed by atoms with E-state index in [2.05, 4.69) is 15.4 Å². The van der Waals surface area contributed by atoms with Crippen LogP contribution in [0.15, 0.2) is 59.5 Å². The van der Waals surface area contributed by atoms with Crippen LogP contribution in [0.2, 0.25) is 0 Å². The lowest BCUT2D eigenvalue weighted by atomic mass is 10.2. The fraction of sp³-hybridized carbons (Fsp3) is 0.300. The lowest BCUT2D eigenvalue weighted by Crippen LogP contribution is -2.38. The minimum atomic E-state index is -3.53. The Balaban J connectivity index is 1.73. The molecule has 156 valence electrons. The molecule has 2 rings (SSSR count). The van der Waals surface area contributed by atoms with Crippen LogP contribution in [0.25, 0.3) is 0 Å². The summed E-state index contributed by atoms with van der Waals surface area (Å²) in [6.45, 7) is 0.885. The number of hydrogen-bond acceptors (Lipinski definition) is 4. The van der Waals surface area contributed by atoms with Gasteiger partial charge in [0.25, 0.3) is 0 Å². The molecule has 0 aliphatic heterocycles. The van der Waals surface area contributed by atoms with E-state index in [0.717, 1.165) is 5.56 Å². The van der Waals surface area contributed by atoms with E-state index in [1.54, 1.807) is 24.1 Å². The standard InChI is InChI=1S/C20H26N4O4S/c1-21-29(27,28)18-10-6-9-17(13-18)14-23-19(25)11-12-22-20(26)24(2)15-16-7-4-3-5-8-16/h3-10,13,21H,11-12,14-15H2,1-2H3,(H,22,26)(H,23,25). The number of nitrogens with one attached hydrogen (secondary N) is 3. The van der Waals surface area contributed by atoms with Crippen molar-refractivity contribution >= 4 is 22.0 Å². The van der Waals surface area contributed by atoms with Crippen LogP contribution in [0.4, 0.5) is 4.79 Å². The molecule has 0 heterocycles. The molecule has 0 aliphatic carbocycles. The molecule has 3 amide bonds. The average molecular weight is 419 g/mol. The lowest BCUT2D eigenvalue weighted by Gasteiger charge is -2.18. The van der Waals surface area contributed by atoms with E-state index >= 15 is 0 Å². The lowest BCUT2D eigenvalue weighted by molar-refractivity contribution is -0.121. The zero-order valence-electron chi connectivity index (χ0n) is 16.5. The molecular weight excluding hydrogens is 392 g/mol. The molecule has 0 unspecified atom stereocenters. The van der Waals surface area contributed by atoms with Crippen LogP contribution in [0.1, 0.15) is 17.5 Å². The molecule has 2 aromatic rings. The summed E-state index contributed by atoms with van der Waals surface area (Å²) in [6.07, 6.45) is 0.124. The first-order valence-corrected chi connectivity index (χ1v) is 10.6. The zero-order valence-corrected chi connectivity index (χ0v) is 17.3. The molecule has 0 saturated heterocycles. The third kappa shape index (κ3) is 7.20. The van der Waals surface area contributed by atoms with E-state index in [9.17, 15) is 18.0 Å². The largest absolute Gasteiger partial charge is 0.352 e. The topological polar surface area (TPSA) is 108 Å². The van der Waals surface area contributed by atoms with Gasteiger partial charge in [0.2, 0.25) is 15.9 Å². The Hall–Kier alpha value is -2.91. The summed E-state index contributed by atoms with van der Waals surface area (Å²) in [5.74, 6) is -0.238. The SMILES string of the molecule is CNS(=O)(=O)c1cccc(CNC(=O)CCNC(=O)N(C)Cc2ccccc2)c1. The molecule has 0 bridgehead atoms. The van der Waals surface area contributed by atoms with Crippen LogP contribution in [-0.2, 0) is 27.9 Å². The summed E-state index contributed by atoms with van der Waals surface area (Å²) >= 11 is 0. The summed E-state index contributed by atoms with van der Waals surface area (Å²) < 4.78 is 25.9. The minimum absolute atomic E-state index is 0.124. The number of carbonyl (C=O) groups excluding carboxylic acids is 2. The van der Waals surface area contributed by atoms with Crippen molar-refractivity contribution in [3.05, 3.63) is 65.7 Å². The van der Waals surface area contributed by atoms with Crippen molar-refractivity contribution in [3.8, 4) is 0 Å². The highest BCUT2D eigenvalue weighted by atomic mass is 32.2. The van der Waals surface area contributed by atoms with Gasteiger partial charge in [0.15, 0.2) is 0 Å². The molecule has 0 aliphatic rings. The van der Waals surface area contributed by atoms with E-state index in [1.807, 2.05) is 30.3 Å². The van der Waals surface area contributed by atoms with E-state index in [-0.39, 0.29) is 36.3 Å². The molecular formula is C20H26N4O4S. The van der Waals surface area contributed by atoms with Crippen molar-refractivity contribution in [2.75, 3.05) is 20.6 Å². The van der Waals surface area contributed by atoms with Gasteiger partial charge in [0.1, 0.15) is 0 Å². The zero-order chi connectivity index (χ0) is 21.3. The Kier molecular flexibility index (Phi) is 8.17. The second kappa shape index (κ2) is 10.6. The van der Waals surface area contributed by atoms with E-state index in [4.69, 9.17) is 0 Å². The fourth-order valence-electron chi connectivity index (χ4n) is 2.58. The van der Waals surface area contributed by atoms with Crippen LogP contribution in [0.3, 0.4) is 0 Å². The summed E-state index contributed by atoms with van der Waals surface area (Å²) in [7, 11) is -0.497. The molecule has 0 atom stereocenters. The molecule has 0 aromatic heterocycles. The third-order valence-corrected chi connectivity index (χ3v) is 5.62. The third-order valence-electron chi connectivity index (χ3n) is 4.20. The molecule has 3 N–H and O–H groups in total. The van der Waals surface area contributed by atoms with Crippen LogP contribution < -0.4 is 15.4 Å². The predicted molar refractivity (Wildman–Crippen MR) is 110 cm³/mol. The number of nitrogens with zero attached hydrogens (tertiary/aromatic N) is 1. The van der Waals surface area contributed by atoms with Crippen LogP contribution in [0.5, 0.6) is 0 Å². The fourth-order valence-corrected chi connectivity index (χ4v) is 3.38. The second-order valence-corrected chi connectivity index (χ2v) is 8.34. The van der Waals surface area contributed by atoms with Crippen LogP contribution in [0, 0.1) is 0 Å². The summed E-state index contributed by atoms with van der Waals surface area (Å²) in [5.41, 5.74) is 1.69. The molecule has 29 heavy (non-hydrogen) atoms. The van der Waals surface area contributed by atoms with Crippen molar-refractivity contribution in [2.24, 2.45) is 0 Å². The Labute approximate surface area is 171 Å². The number of amides is 3. The normalized spacial score (nSPS) is 11.0. The predicted octanol–water partition coefficient (Wildman–Crippen LogP) is 1.44. The maximum Gasteiger partial charge on any atom is 0.317 e. The number of carbonyl (C=O) groups is 2. The smallest absolute Gasteiger partial charge is 0.317 e. The van der Waals surface area contributed by atoms with Crippen LogP contribution >= 0.6 is 0 Å². The van der Waals surface area contributed by atoms with E-state index < -0.39 is 10.0 Å². The van der Waals surface area contributed by atoms with Gasteiger partial charge in [0, 0.05) is 33.1 Å². The Morgan fingerprint density at radius 1 is 0.966 bits per heavy atom. The van der Waals surface area contributed by atoms with E-state index in [1.165, 1.54) is 19.2 Å². The van der Waals surface area contributed by atoms with Gasteiger partial charge in [-0.25, -0.2) is 17.9 Å². The molecule has 0 fully saturated rings. The van der Waals surface area contributed by atoms with Gasteiger partial charge in [-0.15, -0.1) is 0 Å². The highest BCUT2D eigenvalue weighted by Crippen LogP contribution is 2.11.